The van der Waals surface area contributed by atoms with Crippen LogP contribution in [0.5, 0.6) is 11.5 Å². The van der Waals surface area contributed by atoms with Crippen LogP contribution in [-0.4, -0.2) is 38.9 Å². The maximum atomic E-state index is 11.8. The van der Waals surface area contributed by atoms with Gasteiger partial charge in [0.15, 0.2) is 5.82 Å². The van der Waals surface area contributed by atoms with Crippen molar-refractivity contribution in [2.75, 3.05) is 35.8 Å². The number of nitrogens with one attached hydrogen (secondary N) is 3. The fourth-order valence-corrected chi connectivity index (χ4v) is 3.68. The molecule has 3 N–H and O–H groups in total. The molecule has 1 heterocycles. The fraction of sp³-hybridized carbons (Fsp3) is 0.238. The molecule has 0 spiro atoms. The van der Waals surface area contributed by atoms with Crippen molar-refractivity contribution in [1.82, 2.24) is 9.97 Å². The Hall–Kier alpha value is -3.24. The van der Waals surface area contributed by atoms with E-state index < -0.39 is 10.0 Å². The van der Waals surface area contributed by atoms with Crippen LogP contribution in [0.3, 0.4) is 0 Å². The van der Waals surface area contributed by atoms with Gasteiger partial charge in [-0.15, -0.1) is 0 Å². The van der Waals surface area contributed by atoms with Crippen LogP contribution in [0.4, 0.5) is 28.8 Å². The number of aromatic nitrogens is 2. The molecule has 0 bridgehead atoms. The summed E-state index contributed by atoms with van der Waals surface area (Å²) < 4.78 is 36.8. The molecule has 170 valence electrons. The molecular formula is C21H24ClN5O4S. The lowest BCUT2D eigenvalue weighted by Crippen LogP contribution is -2.11. The first-order chi connectivity index (χ1) is 15.1. The first-order valence-electron chi connectivity index (χ1n) is 9.47. The maximum absolute atomic E-state index is 11.8. The molecule has 3 aromatic rings. The molecule has 0 radical (unpaired) electrons. The molecule has 0 unspecified atom stereocenters. The molecule has 11 heteroatoms. The third kappa shape index (κ3) is 5.71. The molecule has 0 atom stereocenters. The standard InChI is InChI=1S/C21H24ClN5O4S/c1-12-6-7-15(16(8-12)27-32(5,28)29)24-20-14(22)11-23-21(26-20)25-17-9-13(2)18(30-3)10-19(17)31-4/h6-11,27H,1-5H3,(H2,23,24,25,26). The molecule has 0 amide bonds. The maximum Gasteiger partial charge on any atom is 0.229 e. The highest BCUT2D eigenvalue weighted by Gasteiger charge is 2.14. The Kier molecular flexibility index (Phi) is 6.95. The van der Waals surface area contributed by atoms with Gasteiger partial charge in [-0.25, -0.2) is 13.4 Å². The predicted octanol–water partition coefficient (Wildman–Crippen LogP) is 4.62. The summed E-state index contributed by atoms with van der Waals surface area (Å²) in [4.78, 5) is 8.67. The van der Waals surface area contributed by atoms with E-state index in [9.17, 15) is 8.42 Å². The number of ether oxygens (including phenoxy) is 2. The Balaban J connectivity index is 1.94. The van der Waals surface area contributed by atoms with Gasteiger partial charge < -0.3 is 20.1 Å². The Morgan fingerprint density at radius 2 is 1.66 bits per heavy atom. The van der Waals surface area contributed by atoms with E-state index in [0.717, 1.165) is 17.4 Å². The zero-order valence-electron chi connectivity index (χ0n) is 18.3. The summed E-state index contributed by atoms with van der Waals surface area (Å²) >= 11 is 6.29. The largest absolute Gasteiger partial charge is 0.496 e. The molecule has 0 aliphatic carbocycles. The third-order valence-electron chi connectivity index (χ3n) is 4.43. The van der Waals surface area contributed by atoms with Crippen molar-refractivity contribution in [2.24, 2.45) is 0 Å². The van der Waals surface area contributed by atoms with Gasteiger partial charge in [-0.3, -0.25) is 4.72 Å². The zero-order chi connectivity index (χ0) is 23.5. The van der Waals surface area contributed by atoms with Crippen LogP contribution in [0.25, 0.3) is 0 Å². The van der Waals surface area contributed by atoms with Gasteiger partial charge in [0, 0.05) is 6.07 Å². The lowest BCUT2D eigenvalue weighted by Gasteiger charge is -2.16. The van der Waals surface area contributed by atoms with Crippen molar-refractivity contribution in [3.8, 4) is 11.5 Å². The van der Waals surface area contributed by atoms with Crippen molar-refractivity contribution in [1.29, 1.82) is 0 Å². The molecule has 0 aliphatic heterocycles. The summed E-state index contributed by atoms with van der Waals surface area (Å²) in [5.41, 5.74) is 3.31. The van der Waals surface area contributed by atoms with Gasteiger partial charge in [0.1, 0.15) is 16.5 Å². The molecule has 2 aromatic carbocycles. The van der Waals surface area contributed by atoms with Gasteiger partial charge in [0.25, 0.3) is 0 Å². The minimum atomic E-state index is -3.48. The highest BCUT2D eigenvalue weighted by molar-refractivity contribution is 7.92. The van der Waals surface area contributed by atoms with Gasteiger partial charge >= 0.3 is 0 Å². The van der Waals surface area contributed by atoms with E-state index in [1.807, 2.05) is 26.0 Å². The number of halogens is 1. The minimum absolute atomic E-state index is 0.263. The molecule has 9 nitrogen and oxygen atoms in total. The molecule has 3 rings (SSSR count). The van der Waals surface area contributed by atoms with E-state index in [2.05, 4.69) is 25.3 Å². The number of hydrogen-bond donors (Lipinski definition) is 3. The van der Waals surface area contributed by atoms with Crippen molar-refractivity contribution in [2.45, 2.75) is 13.8 Å². The number of anilines is 5. The first kappa shape index (κ1) is 23.4. The Bertz CT molecular complexity index is 1250. The van der Waals surface area contributed by atoms with E-state index in [1.54, 1.807) is 32.4 Å². The van der Waals surface area contributed by atoms with Crippen LogP contribution >= 0.6 is 11.6 Å². The van der Waals surface area contributed by atoms with Gasteiger partial charge in [-0.2, -0.15) is 4.98 Å². The van der Waals surface area contributed by atoms with Crippen LogP contribution in [0, 0.1) is 13.8 Å². The molecule has 0 saturated heterocycles. The van der Waals surface area contributed by atoms with Gasteiger partial charge in [-0.1, -0.05) is 17.7 Å². The van der Waals surface area contributed by atoms with E-state index in [-0.39, 0.29) is 11.0 Å². The Labute approximate surface area is 192 Å². The second-order valence-corrected chi connectivity index (χ2v) is 9.24. The molecule has 0 aliphatic rings. The highest BCUT2D eigenvalue weighted by atomic mass is 35.5. The van der Waals surface area contributed by atoms with Gasteiger partial charge in [0.2, 0.25) is 16.0 Å². The summed E-state index contributed by atoms with van der Waals surface area (Å²) in [6, 6.07) is 8.92. The van der Waals surface area contributed by atoms with Crippen LogP contribution in [0.2, 0.25) is 5.02 Å². The van der Waals surface area contributed by atoms with Crippen molar-refractivity contribution >= 4 is 50.5 Å². The SMILES string of the molecule is COc1cc(OC)c(Nc2ncc(Cl)c(Nc3ccc(C)cc3NS(C)(=O)=O)n2)cc1C. The fourth-order valence-electron chi connectivity index (χ4n) is 2.97. The topological polar surface area (TPSA) is 114 Å². The quantitative estimate of drug-likeness (QED) is 0.430. The van der Waals surface area contributed by atoms with E-state index in [0.29, 0.717) is 34.4 Å². The smallest absolute Gasteiger partial charge is 0.229 e. The van der Waals surface area contributed by atoms with Crippen molar-refractivity contribution < 1.29 is 17.9 Å². The number of nitrogens with zero attached hydrogens (tertiary/aromatic N) is 2. The monoisotopic (exact) mass is 477 g/mol. The lowest BCUT2D eigenvalue weighted by molar-refractivity contribution is 0.393. The zero-order valence-corrected chi connectivity index (χ0v) is 19.9. The first-order valence-corrected chi connectivity index (χ1v) is 11.7. The number of hydrogen-bond acceptors (Lipinski definition) is 8. The summed E-state index contributed by atoms with van der Waals surface area (Å²) in [6.07, 6.45) is 2.53. The van der Waals surface area contributed by atoms with Crippen molar-refractivity contribution in [3.63, 3.8) is 0 Å². The average molecular weight is 478 g/mol. The summed E-state index contributed by atoms with van der Waals surface area (Å²) in [5, 5.41) is 6.46. The number of sulfonamides is 1. The van der Waals surface area contributed by atoms with Crippen LogP contribution in [-0.2, 0) is 10.0 Å². The summed E-state index contributed by atoms with van der Waals surface area (Å²) in [7, 11) is -0.333. The van der Waals surface area contributed by atoms with E-state index in [1.165, 1.54) is 6.20 Å². The predicted molar refractivity (Wildman–Crippen MR) is 128 cm³/mol. The number of aryl methyl sites for hydroxylation is 2. The molecular weight excluding hydrogens is 454 g/mol. The van der Waals surface area contributed by atoms with Gasteiger partial charge in [0.05, 0.1) is 43.7 Å². The second kappa shape index (κ2) is 9.49. The Morgan fingerprint density at radius 1 is 0.938 bits per heavy atom. The van der Waals surface area contributed by atoms with E-state index in [4.69, 9.17) is 21.1 Å². The molecule has 32 heavy (non-hydrogen) atoms. The molecule has 1 aromatic heterocycles. The third-order valence-corrected chi connectivity index (χ3v) is 5.30. The average Bonchev–Trinajstić information content (AvgIpc) is 2.71. The van der Waals surface area contributed by atoms with Crippen LogP contribution in [0.1, 0.15) is 11.1 Å². The lowest BCUT2D eigenvalue weighted by atomic mass is 10.2. The highest BCUT2D eigenvalue weighted by Crippen LogP contribution is 2.35. The van der Waals surface area contributed by atoms with Crippen molar-refractivity contribution in [3.05, 3.63) is 52.7 Å². The Morgan fingerprint density at radius 3 is 2.31 bits per heavy atom. The normalized spacial score (nSPS) is 11.1. The summed E-state index contributed by atoms with van der Waals surface area (Å²) in [5.74, 6) is 1.81. The summed E-state index contributed by atoms with van der Waals surface area (Å²) in [6.45, 7) is 3.77. The second-order valence-electron chi connectivity index (χ2n) is 7.09. The van der Waals surface area contributed by atoms with E-state index >= 15 is 0 Å². The van der Waals surface area contributed by atoms with Gasteiger partial charge in [-0.05, 0) is 43.2 Å². The number of methoxy groups -OCH3 is 2. The molecule has 0 fully saturated rings. The minimum Gasteiger partial charge on any atom is -0.496 e. The molecule has 0 saturated carbocycles. The van der Waals surface area contributed by atoms with Crippen LogP contribution in [0.15, 0.2) is 36.5 Å². The number of rotatable bonds is 8. The van der Waals surface area contributed by atoms with Crippen LogP contribution < -0.4 is 24.8 Å². The number of benzene rings is 2.